The zero-order chi connectivity index (χ0) is 13.7. The third-order valence-corrected chi connectivity index (χ3v) is 3.09. The Labute approximate surface area is 113 Å². The Morgan fingerprint density at radius 3 is 2.68 bits per heavy atom. The van der Waals surface area contributed by atoms with Gasteiger partial charge in [-0.25, -0.2) is 0 Å². The van der Waals surface area contributed by atoms with Crippen LogP contribution in [0.3, 0.4) is 0 Å². The number of nitrogens with one attached hydrogen (secondary N) is 2. The van der Waals surface area contributed by atoms with Crippen LogP contribution >= 0.6 is 0 Å². The van der Waals surface area contributed by atoms with E-state index in [2.05, 4.69) is 29.3 Å². The summed E-state index contributed by atoms with van der Waals surface area (Å²) in [6.45, 7) is 5.97. The number of carbonyl (C=O) groups is 1. The van der Waals surface area contributed by atoms with Crippen LogP contribution in [-0.4, -0.2) is 12.5 Å². The van der Waals surface area contributed by atoms with E-state index in [0.717, 1.165) is 16.8 Å². The van der Waals surface area contributed by atoms with Crippen molar-refractivity contribution in [2.75, 3.05) is 6.54 Å². The van der Waals surface area contributed by atoms with Crippen molar-refractivity contribution in [1.29, 1.82) is 0 Å². The summed E-state index contributed by atoms with van der Waals surface area (Å²) in [6.07, 6.45) is 5.54. The molecular formula is C16H18N2O. The molecule has 1 aromatic carbocycles. The number of rotatable bonds is 2. The lowest BCUT2D eigenvalue weighted by molar-refractivity contribution is -0.119. The lowest BCUT2D eigenvalue weighted by atomic mass is 9.96. The smallest absolute Gasteiger partial charge is 0.238 e. The second kappa shape index (κ2) is 6.16. The van der Waals surface area contributed by atoms with Gasteiger partial charge in [0.15, 0.2) is 0 Å². The average Bonchev–Trinajstić information content (AvgIpc) is 2.59. The molecule has 1 fully saturated rings. The molecule has 1 aromatic rings. The predicted octanol–water partition coefficient (Wildman–Crippen LogP) is 2.46. The third-order valence-electron chi connectivity index (χ3n) is 3.09. The summed E-state index contributed by atoms with van der Waals surface area (Å²) in [5, 5.41) is 6.18. The Hall–Kier alpha value is -2.13. The Morgan fingerprint density at radius 1 is 1.32 bits per heavy atom. The maximum absolute atomic E-state index is 11.7. The van der Waals surface area contributed by atoms with Gasteiger partial charge in [-0.15, -0.1) is 0 Å². The van der Waals surface area contributed by atoms with E-state index >= 15 is 0 Å². The summed E-state index contributed by atoms with van der Waals surface area (Å²) in [7, 11) is 0. The molecule has 3 heteroatoms. The zero-order valence-electron chi connectivity index (χ0n) is 11.0. The fourth-order valence-electron chi connectivity index (χ4n) is 2.25. The predicted molar refractivity (Wildman–Crippen MR) is 77.4 cm³/mol. The highest BCUT2D eigenvalue weighted by Crippen LogP contribution is 2.27. The minimum Gasteiger partial charge on any atom is -0.325 e. The lowest BCUT2D eigenvalue weighted by Crippen LogP contribution is -2.29. The van der Waals surface area contributed by atoms with E-state index in [9.17, 15) is 4.79 Å². The first-order valence-electron chi connectivity index (χ1n) is 6.33. The van der Waals surface area contributed by atoms with Crippen molar-refractivity contribution in [2.45, 2.75) is 13.0 Å². The molecule has 1 heterocycles. The monoisotopic (exact) mass is 254 g/mol. The standard InChI is InChI=1S/C16H18N2O/c1-3-8-14-13(4-2)16(17-11-15(19)18-14)12-9-6-5-7-10-12/h3-10,16-17H,1,11H2,2H3,(H,18,19)/b13-4+,14-8+. The number of hydrogen-bond donors (Lipinski definition) is 2. The molecule has 0 bridgehead atoms. The summed E-state index contributed by atoms with van der Waals surface area (Å²) in [4.78, 5) is 11.7. The summed E-state index contributed by atoms with van der Waals surface area (Å²) in [6, 6.07) is 10.1. The summed E-state index contributed by atoms with van der Waals surface area (Å²) in [5.74, 6) is -0.0362. The van der Waals surface area contributed by atoms with E-state index in [-0.39, 0.29) is 11.9 Å². The van der Waals surface area contributed by atoms with Gasteiger partial charge < -0.3 is 5.32 Å². The maximum Gasteiger partial charge on any atom is 0.238 e. The number of benzene rings is 1. The minimum absolute atomic E-state index is 0.0105. The topological polar surface area (TPSA) is 41.1 Å². The number of amides is 1. The Bertz CT molecular complexity index is 529. The van der Waals surface area contributed by atoms with Gasteiger partial charge in [0.1, 0.15) is 0 Å². The van der Waals surface area contributed by atoms with Crippen LogP contribution in [0, 0.1) is 0 Å². The molecule has 19 heavy (non-hydrogen) atoms. The third kappa shape index (κ3) is 3.01. The molecule has 98 valence electrons. The maximum atomic E-state index is 11.7. The molecule has 0 aliphatic carbocycles. The van der Waals surface area contributed by atoms with Gasteiger partial charge in [0.25, 0.3) is 0 Å². The van der Waals surface area contributed by atoms with E-state index in [1.807, 2.05) is 37.3 Å². The lowest BCUT2D eigenvalue weighted by Gasteiger charge is -2.20. The van der Waals surface area contributed by atoms with Crippen LogP contribution in [0.4, 0.5) is 0 Å². The molecule has 1 atom stereocenters. The molecule has 2 N–H and O–H groups in total. The molecule has 2 rings (SSSR count). The van der Waals surface area contributed by atoms with Crippen LogP contribution in [0.1, 0.15) is 18.5 Å². The summed E-state index contributed by atoms with van der Waals surface area (Å²) >= 11 is 0. The highest BCUT2D eigenvalue weighted by atomic mass is 16.2. The fraction of sp³-hybridized carbons (Fsp3) is 0.188. The minimum atomic E-state index is -0.0362. The van der Waals surface area contributed by atoms with Gasteiger partial charge in [0.2, 0.25) is 5.91 Å². The summed E-state index contributed by atoms with van der Waals surface area (Å²) < 4.78 is 0. The molecule has 3 nitrogen and oxygen atoms in total. The van der Waals surface area contributed by atoms with Crippen molar-refractivity contribution in [2.24, 2.45) is 0 Å². The molecule has 1 amide bonds. The van der Waals surface area contributed by atoms with Gasteiger partial charge in [-0.05, 0) is 24.1 Å². The van der Waals surface area contributed by atoms with Gasteiger partial charge in [0.05, 0.1) is 12.6 Å². The molecule has 0 radical (unpaired) electrons. The molecule has 1 aliphatic rings. The quantitative estimate of drug-likeness (QED) is 0.851. The first-order valence-corrected chi connectivity index (χ1v) is 6.33. The Morgan fingerprint density at radius 2 is 2.05 bits per heavy atom. The molecule has 1 unspecified atom stereocenters. The van der Waals surface area contributed by atoms with Crippen molar-refractivity contribution >= 4 is 5.91 Å². The van der Waals surface area contributed by atoms with Crippen LogP contribution < -0.4 is 10.6 Å². The average molecular weight is 254 g/mol. The van der Waals surface area contributed by atoms with Gasteiger partial charge in [-0.3, -0.25) is 10.1 Å². The van der Waals surface area contributed by atoms with Gasteiger partial charge in [-0.2, -0.15) is 0 Å². The van der Waals surface area contributed by atoms with Gasteiger partial charge in [0, 0.05) is 5.70 Å². The van der Waals surface area contributed by atoms with Gasteiger partial charge in [-0.1, -0.05) is 49.1 Å². The van der Waals surface area contributed by atoms with Crippen LogP contribution in [0.15, 0.2) is 66.4 Å². The van der Waals surface area contributed by atoms with Crippen molar-refractivity contribution in [1.82, 2.24) is 10.6 Å². The highest BCUT2D eigenvalue weighted by molar-refractivity contribution is 5.82. The largest absolute Gasteiger partial charge is 0.325 e. The molecule has 1 aliphatic heterocycles. The van der Waals surface area contributed by atoms with Crippen molar-refractivity contribution in [3.8, 4) is 0 Å². The molecule has 1 saturated heterocycles. The number of carbonyl (C=O) groups excluding carboxylic acids is 1. The SMILES string of the molecule is C=C/C=C1/NC(=O)CNC(c2ccccc2)/C1=C/C. The van der Waals surface area contributed by atoms with E-state index < -0.39 is 0 Å². The summed E-state index contributed by atoms with van der Waals surface area (Å²) in [5.41, 5.74) is 3.00. The molecule has 0 aromatic heterocycles. The molecule has 0 saturated carbocycles. The van der Waals surface area contributed by atoms with E-state index in [0.29, 0.717) is 6.54 Å². The van der Waals surface area contributed by atoms with Crippen LogP contribution in [0.5, 0.6) is 0 Å². The molecule has 0 spiro atoms. The normalized spacial score (nSPS) is 24.1. The van der Waals surface area contributed by atoms with E-state index in [1.54, 1.807) is 6.08 Å². The molecular weight excluding hydrogens is 236 g/mol. The van der Waals surface area contributed by atoms with E-state index in [1.165, 1.54) is 0 Å². The van der Waals surface area contributed by atoms with Crippen LogP contribution in [0.2, 0.25) is 0 Å². The van der Waals surface area contributed by atoms with Crippen LogP contribution in [0.25, 0.3) is 0 Å². The fourth-order valence-corrected chi connectivity index (χ4v) is 2.25. The van der Waals surface area contributed by atoms with Gasteiger partial charge >= 0.3 is 0 Å². The van der Waals surface area contributed by atoms with Crippen molar-refractivity contribution < 1.29 is 4.79 Å². The van der Waals surface area contributed by atoms with E-state index in [4.69, 9.17) is 0 Å². The van der Waals surface area contributed by atoms with Crippen molar-refractivity contribution in [3.05, 3.63) is 72.0 Å². The Balaban J connectivity index is 2.44. The second-order valence-electron chi connectivity index (χ2n) is 4.33. The zero-order valence-corrected chi connectivity index (χ0v) is 11.0. The van der Waals surface area contributed by atoms with Crippen molar-refractivity contribution in [3.63, 3.8) is 0 Å². The highest BCUT2D eigenvalue weighted by Gasteiger charge is 2.24. The second-order valence-corrected chi connectivity index (χ2v) is 4.33. The first kappa shape index (κ1) is 13.3. The first-order chi connectivity index (χ1) is 9.26. The number of hydrogen-bond acceptors (Lipinski definition) is 2. The van der Waals surface area contributed by atoms with Crippen LogP contribution in [-0.2, 0) is 4.79 Å². The Kier molecular flexibility index (Phi) is 4.31. The number of allylic oxidation sites excluding steroid dienone is 3.